The Morgan fingerprint density at radius 1 is 1.32 bits per heavy atom. The molecule has 112 valence electrons. The third-order valence-corrected chi connectivity index (χ3v) is 3.31. The zero-order chi connectivity index (χ0) is 15.7. The highest BCUT2D eigenvalue weighted by molar-refractivity contribution is 6.30. The molecule has 3 rings (SSSR count). The molecule has 1 amide bonds. The van der Waals surface area contributed by atoms with Crippen LogP contribution in [0.25, 0.3) is 11.4 Å². The van der Waals surface area contributed by atoms with Crippen molar-refractivity contribution in [3.05, 3.63) is 46.7 Å². The Morgan fingerprint density at radius 2 is 2.05 bits per heavy atom. The molecule has 0 bridgehead atoms. The third kappa shape index (κ3) is 2.84. The van der Waals surface area contributed by atoms with E-state index in [-0.39, 0.29) is 11.9 Å². The summed E-state index contributed by atoms with van der Waals surface area (Å²) in [6.07, 6.45) is 0. The summed E-state index contributed by atoms with van der Waals surface area (Å²) in [7, 11) is 1.71. The molecule has 0 aliphatic heterocycles. The van der Waals surface area contributed by atoms with Gasteiger partial charge in [-0.25, -0.2) is 0 Å². The lowest BCUT2D eigenvalue weighted by atomic mass is 10.2. The van der Waals surface area contributed by atoms with E-state index in [1.807, 2.05) is 19.1 Å². The Balaban J connectivity index is 1.78. The number of H-pyrrole nitrogens is 1. The summed E-state index contributed by atoms with van der Waals surface area (Å²) in [5.74, 6) is 0.437. The van der Waals surface area contributed by atoms with Gasteiger partial charge in [-0.1, -0.05) is 11.6 Å². The maximum absolute atomic E-state index is 12.2. The van der Waals surface area contributed by atoms with Crippen molar-refractivity contribution in [1.82, 2.24) is 25.0 Å². The minimum atomic E-state index is -0.315. The second-order valence-electron chi connectivity index (χ2n) is 4.76. The first kappa shape index (κ1) is 14.3. The lowest BCUT2D eigenvalue weighted by molar-refractivity contribution is 0.101. The third-order valence-electron chi connectivity index (χ3n) is 3.06. The number of benzene rings is 1. The van der Waals surface area contributed by atoms with E-state index < -0.39 is 0 Å². The van der Waals surface area contributed by atoms with Crippen LogP contribution in [0.2, 0.25) is 5.02 Å². The van der Waals surface area contributed by atoms with Gasteiger partial charge in [-0.3, -0.25) is 19.9 Å². The SMILES string of the molecule is Cc1cc(C(=O)Nc2n[nH]c(-c3ccc(Cl)cc3)n2)n(C)n1. The van der Waals surface area contributed by atoms with Crippen LogP contribution >= 0.6 is 11.6 Å². The van der Waals surface area contributed by atoms with Crippen LogP contribution in [0.3, 0.4) is 0 Å². The summed E-state index contributed by atoms with van der Waals surface area (Å²) < 4.78 is 1.51. The normalized spacial score (nSPS) is 10.7. The van der Waals surface area contributed by atoms with Crippen molar-refractivity contribution in [2.24, 2.45) is 7.05 Å². The monoisotopic (exact) mass is 316 g/mol. The molecular weight excluding hydrogens is 304 g/mol. The summed E-state index contributed by atoms with van der Waals surface area (Å²) in [5.41, 5.74) is 2.04. The molecule has 2 heterocycles. The van der Waals surface area contributed by atoms with Gasteiger partial charge in [-0.05, 0) is 37.3 Å². The van der Waals surface area contributed by atoms with E-state index in [0.29, 0.717) is 16.5 Å². The smallest absolute Gasteiger partial charge is 0.276 e. The summed E-state index contributed by atoms with van der Waals surface area (Å²) in [5, 5.41) is 14.2. The number of hydrogen-bond acceptors (Lipinski definition) is 4. The predicted molar refractivity (Wildman–Crippen MR) is 82.7 cm³/mol. The fourth-order valence-corrected chi connectivity index (χ4v) is 2.17. The predicted octanol–water partition coefficient (Wildman–Crippen LogP) is 2.42. The number of nitrogens with one attached hydrogen (secondary N) is 2. The van der Waals surface area contributed by atoms with E-state index in [1.54, 1.807) is 25.2 Å². The second kappa shape index (κ2) is 5.61. The molecule has 2 N–H and O–H groups in total. The number of anilines is 1. The molecule has 22 heavy (non-hydrogen) atoms. The molecule has 0 atom stereocenters. The fraction of sp³-hybridized carbons (Fsp3) is 0.143. The van der Waals surface area contributed by atoms with Gasteiger partial charge in [0.1, 0.15) is 5.69 Å². The van der Waals surface area contributed by atoms with E-state index in [9.17, 15) is 4.79 Å². The van der Waals surface area contributed by atoms with Crippen LogP contribution < -0.4 is 5.32 Å². The number of amides is 1. The van der Waals surface area contributed by atoms with Crippen LogP contribution in [0.5, 0.6) is 0 Å². The molecule has 1 aromatic carbocycles. The van der Waals surface area contributed by atoms with E-state index in [2.05, 4.69) is 25.6 Å². The number of carbonyl (C=O) groups is 1. The average molecular weight is 317 g/mol. The van der Waals surface area contributed by atoms with Gasteiger partial charge in [0.2, 0.25) is 5.95 Å². The molecule has 2 aromatic heterocycles. The van der Waals surface area contributed by atoms with Crippen molar-refractivity contribution in [2.45, 2.75) is 6.92 Å². The van der Waals surface area contributed by atoms with Crippen molar-refractivity contribution < 1.29 is 4.79 Å². The number of aromatic amines is 1. The highest BCUT2D eigenvalue weighted by atomic mass is 35.5. The number of rotatable bonds is 3. The van der Waals surface area contributed by atoms with Crippen LogP contribution in [-0.4, -0.2) is 30.9 Å². The first-order chi connectivity index (χ1) is 10.5. The van der Waals surface area contributed by atoms with Crippen molar-refractivity contribution in [3.8, 4) is 11.4 Å². The summed E-state index contributed by atoms with van der Waals surface area (Å²) in [6, 6.07) is 8.85. The Morgan fingerprint density at radius 3 is 2.68 bits per heavy atom. The maximum Gasteiger partial charge on any atom is 0.276 e. The van der Waals surface area contributed by atoms with Crippen LogP contribution in [0.15, 0.2) is 30.3 Å². The number of carbonyl (C=O) groups excluding carboxylic acids is 1. The van der Waals surface area contributed by atoms with Crippen molar-refractivity contribution in [3.63, 3.8) is 0 Å². The van der Waals surface area contributed by atoms with Gasteiger partial charge in [0.05, 0.1) is 5.69 Å². The van der Waals surface area contributed by atoms with E-state index >= 15 is 0 Å². The quantitative estimate of drug-likeness (QED) is 0.776. The lowest BCUT2D eigenvalue weighted by Gasteiger charge is -2.00. The highest BCUT2D eigenvalue weighted by Crippen LogP contribution is 2.18. The van der Waals surface area contributed by atoms with Gasteiger partial charge in [0.25, 0.3) is 5.91 Å². The lowest BCUT2D eigenvalue weighted by Crippen LogP contribution is -2.16. The molecule has 0 saturated carbocycles. The standard InChI is InChI=1S/C14H13ClN6O/c1-8-7-11(21(2)20-8)13(22)17-14-16-12(18-19-14)9-3-5-10(15)6-4-9/h3-7H,1-2H3,(H2,16,17,18,19,22). The minimum absolute atomic E-state index is 0.203. The van der Waals surface area contributed by atoms with Gasteiger partial charge in [-0.2, -0.15) is 10.1 Å². The van der Waals surface area contributed by atoms with Crippen LogP contribution in [0.4, 0.5) is 5.95 Å². The topological polar surface area (TPSA) is 88.5 Å². The van der Waals surface area contributed by atoms with Gasteiger partial charge in [0, 0.05) is 17.6 Å². The number of aromatic nitrogens is 5. The van der Waals surface area contributed by atoms with Gasteiger partial charge in [0.15, 0.2) is 5.82 Å². The highest BCUT2D eigenvalue weighted by Gasteiger charge is 2.14. The van der Waals surface area contributed by atoms with Gasteiger partial charge >= 0.3 is 0 Å². The second-order valence-corrected chi connectivity index (χ2v) is 5.20. The van der Waals surface area contributed by atoms with E-state index in [0.717, 1.165) is 11.3 Å². The van der Waals surface area contributed by atoms with Crippen LogP contribution in [0, 0.1) is 6.92 Å². The molecule has 0 radical (unpaired) electrons. The van der Waals surface area contributed by atoms with Crippen molar-refractivity contribution >= 4 is 23.5 Å². The molecular formula is C14H13ClN6O. The molecule has 0 unspecified atom stereocenters. The Hall–Kier alpha value is -2.67. The Kier molecular flexibility index (Phi) is 3.64. The average Bonchev–Trinajstić information content (AvgIpc) is 3.06. The van der Waals surface area contributed by atoms with E-state index in [4.69, 9.17) is 11.6 Å². The summed E-state index contributed by atoms with van der Waals surface area (Å²) >= 11 is 5.85. The fourth-order valence-electron chi connectivity index (χ4n) is 2.04. The van der Waals surface area contributed by atoms with Gasteiger partial charge < -0.3 is 0 Å². The first-order valence-electron chi connectivity index (χ1n) is 6.53. The molecule has 3 aromatic rings. The van der Waals surface area contributed by atoms with Crippen molar-refractivity contribution in [1.29, 1.82) is 0 Å². The Labute approximate surface area is 131 Å². The molecule has 0 saturated heterocycles. The Bertz CT molecular complexity index is 820. The minimum Gasteiger partial charge on any atom is -0.288 e. The largest absolute Gasteiger partial charge is 0.288 e. The zero-order valence-electron chi connectivity index (χ0n) is 12.0. The zero-order valence-corrected chi connectivity index (χ0v) is 12.7. The summed E-state index contributed by atoms with van der Waals surface area (Å²) in [6.45, 7) is 1.82. The van der Waals surface area contributed by atoms with Crippen LogP contribution in [-0.2, 0) is 7.05 Å². The number of aryl methyl sites for hydroxylation is 2. The molecule has 0 aliphatic carbocycles. The number of hydrogen-bond donors (Lipinski definition) is 2. The molecule has 0 spiro atoms. The molecule has 0 aliphatic rings. The molecule has 7 nitrogen and oxygen atoms in total. The number of nitrogens with zero attached hydrogens (tertiary/aromatic N) is 4. The molecule has 8 heteroatoms. The maximum atomic E-state index is 12.2. The first-order valence-corrected chi connectivity index (χ1v) is 6.91. The van der Waals surface area contributed by atoms with Gasteiger partial charge in [-0.15, -0.1) is 5.10 Å². The van der Waals surface area contributed by atoms with E-state index in [1.165, 1.54) is 4.68 Å². The summed E-state index contributed by atoms with van der Waals surface area (Å²) in [4.78, 5) is 16.4. The van der Waals surface area contributed by atoms with Crippen LogP contribution in [0.1, 0.15) is 16.2 Å². The van der Waals surface area contributed by atoms with Crippen molar-refractivity contribution in [2.75, 3.05) is 5.32 Å². The molecule has 0 fully saturated rings. The number of halogens is 1.